The summed E-state index contributed by atoms with van der Waals surface area (Å²) in [4.78, 5) is 24.0. The molecule has 0 saturated heterocycles. The van der Waals surface area contributed by atoms with Gasteiger partial charge in [0, 0.05) is 24.8 Å². The quantitative estimate of drug-likeness (QED) is 0.449. The van der Waals surface area contributed by atoms with E-state index < -0.39 is 4.92 Å². The van der Waals surface area contributed by atoms with Crippen molar-refractivity contribution >= 4 is 17.2 Å². The number of rotatable bonds is 6. The number of nitro groups is 1. The van der Waals surface area contributed by atoms with Crippen molar-refractivity contribution in [2.24, 2.45) is 5.92 Å². The molecule has 0 aliphatic rings. The summed E-state index contributed by atoms with van der Waals surface area (Å²) >= 11 is 0. The molecule has 0 saturated carbocycles. The highest BCUT2D eigenvalue weighted by Crippen LogP contribution is 2.26. The third kappa shape index (κ3) is 3.77. The molecule has 0 heterocycles. The molecule has 0 radical (unpaired) electrons. The van der Waals surface area contributed by atoms with E-state index in [2.05, 4.69) is 18.7 Å². The van der Waals surface area contributed by atoms with Crippen LogP contribution in [0.2, 0.25) is 0 Å². The van der Waals surface area contributed by atoms with Crippen LogP contribution in [-0.4, -0.2) is 23.8 Å². The molecule has 0 N–H and O–H groups in total. The first kappa shape index (κ1) is 15.1. The number of nitrogens with zero attached hydrogens (tertiary/aromatic N) is 2. The predicted molar refractivity (Wildman–Crippen MR) is 75.8 cm³/mol. The highest BCUT2D eigenvalue weighted by molar-refractivity contribution is 5.99. The summed E-state index contributed by atoms with van der Waals surface area (Å²) in [5, 5.41) is 10.9. The van der Waals surface area contributed by atoms with Crippen LogP contribution < -0.4 is 4.90 Å². The van der Waals surface area contributed by atoms with E-state index in [0.29, 0.717) is 5.92 Å². The molecule has 19 heavy (non-hydrogen) atoms. The zero-order valence-electron chi connectivity index (χ0n) is 11.8. The number of Topliss-reactive ketones (excluding diaryl/α,β-unsaturated/α-hetero) is 1. The lowest BCUT2D eigenvalue weighted by molar-refractivity contribution is -0.385. The van der Waals surface area contributed by atoms with Crippen molar-refractivity contribution in [3.05, 3.63) is 33.9 Å². The zero-order valence-corrected chi connectivity index (χ0v) is 11.8. The van der Waals surface area contributed by atoms with Crippen LogP contribution in [-0.2, 0) is 0 Å². The molecule has 0 bridgehead atoms. The second kappa shape index (κ2) is 6.31. The Morgan fingerprint density at radius 3 is 2.47 bits per heavy atom. The van der Waals surface area contributed by atoms with Gasteiger partial charge in [0.05, 0.1) is 10.5 Å². The first-order valence-corrected chi connectivity index (χ1v) is 6.41. The molecular formula is C14H20N2O3. The number of hydrogen-bond donors (Lipinski definition) is 0. The van der Waals surface area contributed by atoms with Crippen molar-refractivity contribution in [3.8, 4) is 0 Å². The number of benzene rings is 1. The van der Waals surface area contributed by atoms with Gasteiger partial charge in [-0.25, -0.2) is 0 Å². The van der Waals surface area contributed by atoms with Gasteiger partial charge >= 0.3 is 0 Å². The Morgan fingerprint density at radius 2 is 2.05 bits per heavy atom. The van der Waals surface area contributed by atoms with Crippen LogP contribution in [0.25, 0.3) is 0 Å². The number of anilines is 1. The van der Waals surface area contributed by atoms with E-state index in [-0.39, 0.29) is 17.0 Å². The normalized spacial score (nSPS) is 10.6. The lowest BCUT2D eigenvalue weighted by Crippen LogP contribution is -2.27. The van der Waals surface area contributed by atoms with Crippen molar-refractivity contribution in [2.45, 2.75) is 27.7 Å². The molecule has 1 rings (SSSR count). The smallest absolute Gasteiger partial charge is 0.280 e. The van der Waals surface area contributed by atoms with Crippen LogP contribution in [0.15, 0.2) is 18.2 Å². The van der Waals surface area contributed by atoms with E-state index in [1.165, 1.54) is 13.0 Å². The van der Waals surface area contributed by atoms with E-state index in [4.69, 9.17) is 0 Å². The molecule has 5 nitrogen and oxygen atoms in total. The third-order valence-electron chi connectivity index (χ3n) is 2.89. The van der Waals surface area contributed by atoms with E-state index in [9.17, 15) is 14.9 Å². The van der Waals surface area contributed by atoms with Crippen LogP contribution in [0.1, 0.15) is 38.1 Å². The topological polar surface area (TPSA) is 63.4 Å². The minimum atomic E-state index is -0.515. The second-order valence-electron chi connectivity index (χ2n) is 4.95. The van der Waals surface area contributed by atoms with Crippen LogP contribution in [0, 0.1) is 16.0 Å². The number of carbonyl (C=O) groups excluding carboxylic acids is 1. The van der Waals surface area contributed by atoms with Gasteiger partial charge in [0.25, 0.3) is 5.69 Å². The molecule has 0 unspecified atom stereocenters. The number of nitro benzene ring substituents is 1. The zero-order chi connectivity index (χ0) is 14.6. The maximum absolute atomic E-state index is 11.5. The molecule has 0 aliphatic heterocycles. The SMILES string of the molecule is CCN(CC(C)C)c1ccc([N+](=O)[O-])c(C(C)=O)c1. The van der Waals surface area contributed by atoms with Crippen molar-refractivity contribution in [1.82, 2.24) is 0 Å². The fraction of sp³-hybridized carbons (Fsp3) is 0.500. The standard InChI is InChI=1S/C14H20N2O3/c1-5-15(9-10(2)3)12-6-7-14(16(18)19)13(8-12)11(4)17/h6-8,10H,5,9H2,1-4H3. The highest BCUT2D eigenvalue weighted by atomic mass is 16.6. The largest absolute Gasteiger partial charge is 0.372 e. The Balaban J connectivity index is 3.20. The molecule has 0 aromatic heterocycles. The third-order valence-corrected chi connectivity index (χ3v) is 2.89. The van der Waals surface area contributed by atoms with Crippen LogP contribution >= 0.6 is 0 Å². The van der Waals surface area contributed by atoms with Gasteiger partial charge in [-0.3, -0.25) is 14.9 Å². The molecule has 0 atom stereocenters. The van der Waals surface area contributed by atoms with E-state index >= 15 is 0 Å². The van der Waals surface area contributed by atoms with Crippen LogP contribution in [0.5, 0.6) is 0 Å². The summed E-state index contributed by atoms with van der Waals surface area (Å²) in [6.45, 7) is 9.25. The van der Waals surface area contributed by atoms with Gasteiger partial charge in [-0.05, 0) is 31.9 Å². The molecular weight excluding hydrogens is 244 g/mol. The highest BCUT2D eigenvalue weighted by Gasteiger charge is 2.19. The monoisotopic (exact) mass is 264 g/mol. The number of carbonyl (C=O) groups is 1. The molecule has 104 valence electrons. The number of hydrogen-bond acceptors (Lipinski definition) is 4. The van der Waals surface area contributed by atoms with Gasteiger partial charge in [0.15, 0.2) is 5.78 Å². The van der Waals surface area contributed by atoms with Gasteiger partial charge in [-0.1, -0.05) is 13.8 Å². The predicted octanol–water partition coefficient (Wildman–Crippen LogP) is 3.28. The Kier molecular flexibility index (Phi) is 5.03. The minimum Gasteiger partial charge on any atom is -0.372 e. The minimum absolute atomic E-state index is 0.128. The van der Waals surface area contributed by atoms with Crippen molar-refractivity contribution in [3.63, 3.8) is 0 Å². The lowest BCUT2D eigenvalue weighted by Gasteiger charge is -2.25. The molecule has 1 aromatic carbocycles. The lowest BCUT2D eigenvalue weighted by atomic mass is 10.1. The fourth-order valence-corrected chi connectivity index (χ4v) is 2.02. The van der Waals surface area contributed by atoms with Gasteiger partial charge in [-0.15, -0.1) is 0 Å². The van der Waals surface area contributed by atoms with Crippen LogP contribution in [0.4, 0.5) is 11.4 Å². The maximum atomic E-state index is 11.5. The van der Waals surface area contributed by atoms with E-state index in [0.717, 1.165) is 18.8 Å². The second-order valence-corrected chi connectivity index (χ2v) is 4.95. The van der Waals surface area contributed by atoms with Crippen molar-refractivity contribution in [1.29, 1.82) is 0 Å². The summed E-state index contributed by atoms with van der Waals surface area (Å²) in [5.41, 5.74) is 0.897. The summed E-state index contributed by atoms with van der Waals surface area (Å²) in [7, 11) is 0. The number of ketones is 1. The molecule has 0 spiro atoms. The first-order valence-electron chi connectivity index (χ1n) is 6.41. The molecule has 0 amide bonds. The molecule has 0 aliphatic carbocycles. The summed E-state index contributed by atoms with van der Waals surface area (Å²) in [6, 6.07) is 4.73. The van der Waals surface area contributed by atoms with Crippen molar-refractivity contribution in [2.75, 3.05) is 18.0 Å². The van der Waals surface area contributed by atoms with Gasteiger partial charge in [-0.2, -0.15) is 0 Å². The first-order chi connectivity index (χ1) is 8.86. The fourth-order valence-electron chi connectivity index (χ4n) is 2.02. The average molecular weight is 264 g/mol. The van der Waals surface area contributed by atoms with E-state index in [1.807, 2.05) is 6.92 Å². The molecule has 5 heteroatoms. The summed E-state index contributed by atoms with van der Waals surface area (Å²) in [5.74, 6) is 0.199. The summed E-state index contributed by atoms with van der Waals surface area (Å²) < 4.78 is 0. The van der Waals surface area contributed by atoms with Gasteiger partial charge in [0.1, 0.15) is 0 Å². The molecule has 1 aromatic rings. The van der Waals surface area contributed by atoms with Crippen LogP contribution in [0.3, 0.4) is 0 Å². The van der Waals surface area contributed by atoms with Gasteiger partial charge in [0.2, 0.25) is 0 Å². The molecule has 0 fully saturated rings. The van der Waals surface area contributed by atoms with E-state index in [1.54, 1.807) is 12.1 Å². The van der Waals surface area contributed by atoms with Gasteiger partial charge < -0.3 is 4.90 Å². The Morgan fingerprint density at radius 1 is 1.42 bits per heavy atom. The average Bonchev–Trinajstić information content (AvgIpc) is 2.34. The summed E-state index contributed by atoms with van der Waals surface area (Å²) in [6.07, 6.45) is 0. The Bertz CT molecular complexity index is 484. The Labute approximate surface area is 113 Å². The maximum Gasteiger partial charge on any atom is 0.280 e. The Hall–Kier alpha value is -1.91. The van der Waals surface area contributed by atoms with Crippen molar-refractivity contribution < 1.29 is 9.72 Å².